The first-order valence-corrected chi connectivity index (χ1v) is 9.07. The second-order valence-corrected chi connectivity index (χ2v) is 11.5. The largest absolute Gasteiger partial charge is 0.417 e. The monoisotopic (exact) mass is 241 g/mol. The summed E-state index contributed by atoms with van der Waals surface area (Å²) < 4.78 is 6.16. The Balaban J connectivity index is 1.82. The topological polar surface area (TPSA) is 38.3 Å². The summed E-state index contributed by atoms with van der Waals surface area (Å²) in [5.74, 6) is 0.984. The second kappa shape index (κ2) is 3.57. The maximum absolute atomic E-state index is 11.3. The van der Waals surface area contributed by atoms with Crippen molar-refractivity contribution < 1.29 is 9.22 Å². The van der Waals surface area contributed by atoms with Crippen LogP contribution < -0.4 is 5.32 Å². The van der Waals surface area contributed by atoms with E-state index in [1.54, 1.807) is 0 Å². The Morgan fingerprint density at radius 2 is 2.06 bits per heavy atom. The smallest absolute Gasteiger partial charge is 0.225 e. The fourth-order valence-electron chi connectivity index (χ4n) is 2.18. The minimum atomic E-state index is -1.63. The molecule has 0 aromatic carbocycles. The van der Waals surface area contributed by atoms with Crippen LogP contribution in [-0.2, 0) is 9.22 Å². The molecule has 0 radical (unpaired) electrons. The predicted octanol–water partition coefficient (Wildman–Crippen LogP) is 2.14. The van der Waals surface area contributed by atoms with Gasteiger partial charge in [-0.05, 0) is 30.5 Å². The van der Waals surface area contributed by atoms with E-state index in [1.807, 2.05) is 0 Å². The third kappa shape index (κ3) is 1.82. The molecule has 2 aliphatic rings. The summed E-state index contributed by atoms with van der Waals surface area (Å²) in [6, 6.07) is 0.473. The van der Waals surface area contributed by atoms with Crippen LogP contribution in [0.5, 0.6) is 0 Å². The van der Waals surface area contributed by atoms with Gasteiger partial charge in [0.05, 0.1) is 5.92 Å². The number of hydrogen-bond donors (Lipinski definition) is 1. The number of hydrogen-bond acceptors (Lipinski definition) is 2. The van der Waals surface area contributed by atoms with Gasteiger partial charge in [-0.2, -0.15) is 0 Å². The number of carbonyl (C=O) groups is 1. The van der Waals surface area contributed by atoms with Crippen molar-refractivity contribution in [3.8, 4) is 0 Å². The standard InChI is InChI=1S/C12H23NO2Si/c1-12(2,3)16(4,5)15-7-8-6-9-10(8)11(14)13-9/h8-10H,6-7H2,1-5H3,(H,13,14)/t8-,9-,10+/m1/s1. The van der Waals surface area contributed by atoms with Crippen LogP contribution in [0, 0.1) is 11.8 Å². The van der Waals surface area contributed by atoms with Gasteiger partial charge in [0.25, 0.3) is 0 Å². The molecule has 1 aliphatic heterocycles. The molecule has 1 aliphatic carbocycles. The quantitative estimate of drug-likeness (QED) is 0.607. The van der Waals surface area contributed by atoms with Gasteiger partial charge in [0.2, 0.25) is 5.91 Å². The van der Waals surface area contributed by atoms with Crippen molar-refractivity contribution in [1.82, 2.24) is 5.32 Å². The molecule has 1 N–H and O–H groups in total. The van der Waals surface area contributed by atoms with E-state index in [0.29, 0.717) is 12.0 Å². The molecule has 0 aromatic rings. The average molecular weight is 241 g/mol. The van der Waals surface area contributed by atoms with Crippen LogP contribution in [0.25, 0.3) is 0 Å². The molecule has 0 aromatic heterocycles. The Hall–Kier alpha value is -0.353. The lowest BCUT2D eigenvalue weighted by Crippen LogP contribution is -2.69. The molecule has 0 spiro atoms. The van der Waals surface area contributed by atoms with Gasteiger partial charge >= 0.3 is 0 Å². The van der Waals surface area contributed by atoms with Gasteiger partial charge in [-0.1, -0.05) is 20.8 Å². The predicted molar refractivity (Wildman–Crippen MR) is 66.7 cm³/mol. The van der Waals surface area contributed by atoms with E-state index in [-0.39, 0.29) is 16.9 Å². The van der Waals surface area contributed by atoms with E-state index < -0.39 is 8.32 Å². The molecule has 1 amide bonds. The van der Waals surface area contributed by atoms with Gasteiger partial charge in [-0.15, -0.1) is 0 Å². The molecule has 3 nitrogen and oxygen atoms in total. The zero-order valence-electron chi connectivity index (χ0n) is 11.0. The molecule has 1 heterocycles. The van der Waals surface area contributed by atoms with Crippen molar-refractivity contribution >= 4 is 14.2 Å². The Morgan fingerprint density at radius 1 is 1.44 bits per heavy atom. The van der Waals surface area contributed by atoms with Crippen molar-refractivity contribution in [2.24, 2.45) is 11.8 Å². The van der Waals surface area contributed by atoms with Crippen LogP contribution in [0.4, 0.5) is 0 Å². The maximum atomic E-state index is 11.3. The van der Waals surface area contributed by atoms with Gasteiger partial charge in [0, 0.05) is 12.6 Å². The van der Waals surface area contributed by atoms with E-state index in [1.165, 1.54) is 0 Å². The van der Waals surface area contributed by atoms with E-state index in [2.05, 4.69) is 39.2 Å². The molecule has 0 bridgehead atoms. The summed E-state index contributed by atoms with van der Waals surface area (Å²) in [4.78, 5) is 11.3. The first-order chi connectivity index (χ1) is 7.22. The fourth-order valence-corrected chi connectivity index (χ4v) is 3.25. The lowest BCUT2D eigenvalue weighted by atomic mass is 9.64. The van der Waals surface area contributed by atoms with Gasteiger partial charge in [0.1, 0.15) is 0 Å². The molecule has 1 saturated heterocycles. The van der Waals surface area contributed by atoms with Crippen molar-refractivity contribution in [2.75, 3.05) is 6.61 Å². The molecular formula is C12H23NO2Si. The van der Waals surface area contributed by atoms with Gasteiger partial charge in [0.15, 0.2) is 8.32 Å². The number of piperidine rings is 1. The summed E-state index contributed by atoms with van der Waals surface area (Å²) in [6.45, 7) is 12.1. The summed E-state index contributed by atoms with van der Waals surface area (Å²) >= 11 is 0. The van der Waals surface area contributed by atoms with Gasteiger partial charge in [-0.3, -0.25) is 4.79 Å². The normalized spacial score (nSPS) is 33.6. The van der Waals surface area contributed by atoms with E-state index in [0.717, 1.165) is 13.0 Å². The van der Waals surface area contributed by atoms with Crippen LogP contribution in [0.3, 0.4) is 0 Å². The third-order valence-corrected chi connectivity index (χ3v) is 9.09. The van der Waals surface area contributed by atoms with E-state index in [9.17, 15) is 4.79 Å². The molecule has 4 heteroatoms. The Morgan fingerprint density at radius 3 is 2.50 bits per heavy atom. The van der Waals surface area contributed by atoms with Crippen LogP contribution in [0.15, 0.2) is 0 Å². The highest BCUT2D eigenvalue weighted by molar-refractivity contribution is 6.74. The minimum absolute atomic E-state index is 0.236. The lowest BCUT2D eigenvalue weighted by Gasteiger charge is -2.52. The number of amides is 1. The Kier molecular flexibility index (Phi) is 2.70. The van der Waals surface area contributed by atoms with Gasteiger partial charge < -0.3 is 9.74 Å². The summed E-state index contributed by atoms with van der Waals surface area (Å²) in [5.41, 5.74) is 0. The number of carbonyl (C=O) groups excluding carboxylic acids is 1. The highest BCUT2D eigenvalue weighted by Crippen LogP contribution is 2.43. The highest BCUT2D eigenvalue weighted by Gasteiger charge is 2.54. The molecule has 0 unspecified atom stereocenters. The van der Waals surface area contributed by atoms with Crippen molar-refractivity contribution in [2.45, 2.75) is 51.4 Å². The molecule has 16 heavy (non-hydrogen) atoms. The molecule has 1 saturated carbocycles. The molecule has 2 rings (SSSR count). The van der Waals surface area contributed by atoms with Crippen LogP contribution >= 0.6 is 0 Å². The second-order valence-electron chi connectivity index (χ2n) is 6.71. The zero-order valence-corrected chi connectivity index (χ0v) is 12.0. The number of rotatable bonds is 3. The lowest BCUT2D eigenvalue weighted by molar-refractivity contribution is -0.149. The van der Waals surface area contributed by atoms with Crippen molar-refractivity contribution in [3.63, 3.8) is 0 Å². The Bertz CT molecular complexity index is 309. The molecule has 3 atom stereocenters. The zero-order chi connectivity index (χ0) is 12.1. The van der Waals surface area contributed by atoms with Crippen molar-refractivity contribution in [1.29, 1.82) is 0 Å². The third-order valence-electron chi connectivity index (χ3n) is 4.59. The number of β-lactam (4-membered cyclic amide) rings is 1. The van der Waals surface area contributed by atoms with Crippen LogP contribution in [0.2, 0.25) is 18.1 Å². The van der Waals surface area contributed by atoms with Crippen LogP contribution in [-0.4, -0.2) is 26.9 Å². The molecular weight excluding hydrogens is 218 g/mol. The summed E-state index contributed by atoms with van der Waals surface area (Å²) in [5, 5.41) is 3.18. The highest BCUT2D eigenvalue weighted by atomic mass is 28.4. The molecule has 2 fully saturated rings. The summed E-state index contributed by atoms with van der Waals surface area (Å²) in [6.07, 6.45) is 1.12. The SMILES string of the molecule is CC(C)(C)[Si](C)(C)OC[C@H]1C[C@H]2NC(=O)[C@@H]12. The molecule has 92 valence electrons. The summed E-state index contributed by atoms with van der Waals surface area (Å²) in [7, 11) is -1.63. The average Bonchev–Trinajstić information content (AvgIpc) is 2.08. The maximum Gasteiger partial charge on any atom is 0.225 e. The van der Waals surface area contributed by atoms with Gasteiger partial charge in [-0.25, -0.2) is 0 Å². The first-order valence-electron chi connectivity index (χ1n) is 6.17. The van der Waals surface area contributed by atoms with E-state index >= 15 is 0 Å². The van der Waals surface area contributed by atoms with Crippen molar-refractivity contribution in [3.05, 3.63) is 0 Å². The number of nitrogens with one attached hydrogen (secondary N) is 1. The minimum Gasteiger partial charge on any atom is -0.417 e. The van der Waals surface area contributed by atoms with Crippen LogP contribution in [0.1, 0.15) is 27.2 Å². The fraction of sp³-hybridized carbons (Fsp3) is 0.917. The van der Waals surface area contributed by atoms with E-state index in [4.69, 9.17) is 4.43 Å². The Labute approximate surface area is 99.1 Å². The first kappa shape index (κ1) is 12.1. The number of fused-ring (bicyclic) bond motifs is 1.